The molecule has 1 unspecified atom stereocenters. The molecule has 5 heteroatoms. The zero-order valence-corrected chi connectivity index (χ0v) is 9.97. The van der Waals surface area contributed by atoms with E-state index in [1.54, 1.807) is 31.0 Å². The molecule has 1 heterocycles. The number of furan rings is 1. The Morgan fingerprint density at radius 3 is 2.76 bits per heavy atom. The second-order valence-corrected chi connectivity index (χ2v) is 4.35. The molecule has 1 saturated carbocycles. The second kappa shape index (κ2) is 4.61. The van der Waals surface area contributed by atoms with E-state index in [4.69, 9.17) is 4.42 Å². The van der Waals surface area contributed by atoms with Gasteiger partial charge in [-0.25, -0.2) is 0 Å². The van der Waals surface area contributed by atoms with Crippen LogP contribution in [-0.4, -0.2) is 35.8 Å². The van der Waals surface area contributed by atoms with Crippen LogP contribution >= 0.6 is 0 Å². The lowest BCUT2D eigenvalue weighted by Crippen LogP contribution is -2.46. The molecular weight excluding hydrogens is 220 g/mol. The van der Waals surface area contributed by atoms with Crippen molar-refractivity contribution in [3.63, 3.8) is 0 Å². The number of hydrogen-bond donors (Lipinski definition) is 1. The van der Waals surface area contributed by atoms with Gasteiger partial charge >= 0.3 is 0 Å². The van der Waals surface area contributed by atoms with E-state index in [9.17, 15) is 9.59 Å². The molecule has 2 rings (SSSR count). The van der Waals surface area contributed by atoms with Gasteiger partial charge in [0.1, 0.15) is 6.04 Å². The van der Waals surface area contributed by atoms with Gasteiger partial charge in [-0.15, -0.1) is 0 Å². The molecule has 1 aromatic rings. The van der Waals surface area contributed by atoms with E-state index in [2.05, 4.69) is 5.32 Å². The van der Waals surface area contributed by atoms with Gasteiger partial charge in [-0.1, -0.05) is 0 Å². The van der Waals surface area contributed by atoms with E-state index in [1.807, 2.05) is 0 Å². The highest BCUT2D eigenvalue weighted by Crippen LogP contribution is 2.25. The van der Waals surface area contributed by atoms with Crippen LogP contribution in [0.25, 0.3) is 0 Å². The van der Waals surface area contributed by atoms with Gasteiger partial charge in [0.25, 0.3) is 5.91 Å². The van der Waals surface area contributed by atoms with Crippen LogP contribution in [0.1, 0.15) is 30.3 Å². The number of amides is 2. The van der Waals surface area contributed by atoms with Crippen LogP contribution in [0.15, 0.2) is 22.8 Å². The SMILES string of the molecule is CC(NC(=O)c1ccco1)C(=O)N(C)C1CC1. The molecule has 17 heavy (non-hydrogen) atoms. The maximum Gasteiger partial charge on any atom is 0.287 e. The van der Waals surface area contributed by atoms with Crippen molar-refractivity contribution in [2.75, 3.05) is 7.05 Å². The van der Waals surface area contributed by atoms with Gasteiger partial charge in [0.2, 0.25) is 5.91 Å². The predicted molar refractivity (Wildman–Crippen MR) is 61.4 cm³/mol. The largest absolute Gasteiger partial charge is 0.459 e. The van der Waals surface area contributed by atoms with Crippen molar-refractivity contribution in [1.29, 1.82) is 0 Å². The third kappa shape index (κ3) is 2.67. The van der Waals surface area contributed by atoms with Crippen molar-refractivity contribution in [3.05, 3.63) is 24.2 Å². The van der Waals surface area contributed by atoms with Crippen LogP contribution in [0.5, 0.6) is 0 Å². The number of carbonyl (C=O) groups is 2. The van der Waals surface area contributed by atoms with Crippen molar-refractivity contribution >= 4 is 11.8 Å². The lowest BCUT2D eigenvalue weighted by Gasteiger charge is -2.21. The highest BCUT2D eigenvalue weighted by molar-refractivity contribution is 5.95. The van der Waals surface area contributed by atoms with Crippen molar-refractivity contribution in [2.45, 2.75) is 31.8 Å². The van der Waals surface area contributed by atoms with Crippen LogP contribution in [0.2, 0.25) is 0 Å². The molecule has 1 atom stereocenters. The van der Waals surface area contributed by atoms with Gasteiger partial charge in [-0.3, -0.25) is 9.59 Å². The summed E-state index contributed by atoms with van der Waals surface area (Å²) < 4.78 is 4.96. The minimum absolute atomic E-state index is 0.0626. The monoisotopic (exact) mass is 236 g/mol. The quantitative estimate of drug-likeness (QED) is 0.849. The Morgan fingerprint density at radius 2 is 2.24 bits per heavy atom. The smallest absolute Gasteiger partial charge is 0.287 e. The predicted octanol–water partition coefficient (Wildman–Crippen LogP) is 1.02. The first-order chi connectivity index (χ1) is 8.09. The van der Waals surface area contributed by atoms with Crippen molar-refractivity contribution in [3.8, 4) is 0 Å². The molecule has 0 radical (unpaired) electrons. The second-order valence-electron chi connectivity index (χ2n) is 4.35. The van der Waals surface area contributed by atoms with E-state index in [1.165, 1.54) is 6.26 Å². The van der Waals surface area contributed by atoms with Gasteiger partial charge in [-0.05, 0) is 31.9 Å². The molecule has 0 saturated heterocycles. The zero-order chi connectivity index (χ0) is 12.4. The zero-order valence-electron chi connectivity index (χ0n) is 9.97. The first-order valence-corrected chi connectivity index (χ1v) is 5.70. The third-order valence-corrected chi connectivity index (χ3v) is 2.91. The lowest BCUT2D eigenvalue weighted by molar-refractivity contribution is -0.132. The molecular formula is C12H16N2O3. The maximum absolute atomic E-state index is 11.9. The van der Waals surface area contributed by atoms with Crippen LogP contribution < -0.4 is 5.32 Å². The summed E-state index contributed by atoms with van der Waals surface area (Å²) in [5.74, 6) is -0.203. The average molecular weight is 236 g/mol. The Balaban J connectivity index is 1.90. The highest BCUT2D eigenvalue weighted by Gasteiger charge is 2.32. The molecule has 0 aromatic carbocycles. The Bertz CT molecular complexity index is 409. The van der Waals surface area contributed by atoms with Crippen LogP contribution in [0, 0.1) is 0 Å². The molecule has 1 aromatic heterocycles. The van der Waals surface area contributed by atoms with Gasteiger partial charge in [0.15, 0.2) is 5.76 Å². The lowest BCUT2D eigenvalue weighted by atomic mass is 10.2. The van der Waals surface area contributed by atoms with Crippen LogP contribution in [0.3, 0.4) is 0 Å². The topological polar surface area (TPSA) is 62.6 Å². The van der Waals surface area contributed by atoms with E-state index in [0.717, 1.165) is 12.8 Å². The molecule has 1 aliphatic rings. The minimum Gasteiger partial charge on any atom is -0.459 e. The molecule has 1 fully saturated rings. The summed E-state index contributed by atoms with van der Waals surface area (Å²) in [5.41, 5.74) is 0. The van der Waals surface area contributed by atoms with Crippen molar-refractivity contribution < 1.29 is 14.0 Å². The fraction of sp³-hybridized carbons (Fsp3) is 0.500. The van der Waals surface area contributed by atoms with Gasteiger partial charge in [0, 0.05) is 13.1 Å². The molecule has 0 aliphatic heterocycles. The van der Waals surface area contributed by atoms with Gasteiger partial charge in [0.05, 0.1) is 6.26 Å². The van der Waals surface area contributed by atoms with Crippen LogP contribution in [-0.2, 0) is 4.79 Å². The van der Waals surface area contributed by atoms with Crippen molar-refractivity contribution in [1.82, 2.24) is 10.2 Å². The minimum atomic E-state index is -0.529. The average Bonchev–Trinajstić information content (AvgIpc) is 3.01. The van der Waals surface area contributed by atoms with E-state index < -0.39 is 6.04 Å². The molecule has 5 nitrogen and oxygen atoms in total. The summed E-state index contributed by atoms with van der Waals surface area (Å²) in [5, 5.41) is 2.62. The highest BCUT2D eigenvalue weighted by atomic mass is 16.3. The van der Waals surface area contributed by atoms with E-state index in [-0.39, 0.29) is 17.6 Å². The molecule has 0 bridgehead atoms. The van der Waals surface area contributed by atoms with E-state index >= 15 is 0 Å². The Labute approximate surface area is 99.8 Å². The molecule has 1 N–H and O–H groups in total. The number of likely N-dealkylation sites (N-methyl/N-ethyl adjacent to an activating group) is 1. The number of hydrogen-bond acceptors (Lipinski definition) is 3. The molecule has 1 aliphatic carbocycles. The first kappa shape index (κ1) is 11.7. The Morgan fingerprint density at radius 1 is 1.53 bits per heavy atom. The standard InChI is InChI=1S/C12H16N2O3/c1-8(12(16)14(2)9-5-6-9)13-11(15)10-4-3-7-17-10/h3-4,7-9H,5-6H2,1-2H3,(H,13,15). The third-order valence-electron chi connectivity index (χ3n) is 2.91. The van der Waals surface area contributed by atoms with E-state index in [0.29, 0.717) is 6.04 Å². The molecule has 2 amide bonds. The molecule has 0 spiro atoms. The summed E-state index contributed by atoms with van der Waals surface area (Å²) >= 11 is 0. The van der Waals surface area contributed by atoms with Crippen molar-refractivity contribution in [2.24, 2.45) is 0 Å². The number of nitrogens with one attached hydrogen (secondary N) is 1. The maximum atomic E-state index is 11.9. The fourth-order valence-electron chi connectivity index (χ4n) is 1.68. The normalized spacial score (nSPS) is 16.4. The number of rotatable bonds is 4. The van der Waals surface area contributed by atoms with Gasteiger partial charge in [-0.2, -0.15) is 0 Å². The molecule has 92 valence electrons. The number of carbonyl (C=O) groups excluding carboxylic acids is 2. The first-order valence-electron chi connectivity index (χ1n) is 5.70. The summed E-state index contributed by atoms with van der Waals surface area (Å²) in [6.45, 7) is 1.68. The summed E-state index contributed by atoms with van der Waals surface area (Å²) in [4.78, 5) is 25.3. The Kier molecular flexibility index (Phi) is 3.17. The number of nitrogens with zero attached hydrogens (tertiary/aromatic N) is 1. The Hall–Kier alpha value is -1.78. The summed E-state index contributed by atoms with van der Waals surface area (Å²) in [7, 11) is 1.77. The van der Waals surface area contributed by atoms with Crippen LogP contribution in [0.4, 0.5) is 0 Å². The fourth-order valence-corrected chi connectivity index (χ4v) is 1.68. The summed E-state index contributed by atoms with van der Waals surface area (Å²) in [6, 6.07) is 3.03. The van der Waals surface area contributed by atoms with Gasteiger partial charge < -0.3 is 14.6 Å². The summed E-state index contributed by atoms with van der Waals surface area (Å²) in [6.07, 6.45) is 3.54.